The molecule has 8 nitrogen and oxygen atoms in total. The Morgan fingerprint density at radius 2 is 1.80 bits per heavy atom. The normalized spacial score (nSPS) is 10.7. The van der Waals surface area contributed by atoms with Gasteiger partial charge in [-0.15, -0.1) is 0 Å². The molecule has 0 aliphatic rings. The number of anilines is 2. The lowest BCUT2D eigenvalue weighted by atomic mass is 10.1. The number of fused-ring (bicyclic) bond motifs is 1. The van der Waals surface area contributed by atoms with E-state index in [1.807, 2.05) is 48.0 Å². The van der Waals surface area contributed by atoms with Gasteiger partial charge in [0.05, 0.1) is 21.5 Å². The lowest BCUT2D eigenvalue weighted by Gasteiger charge is -2.10. The first-order chi connectivity index (χ1) is 14.5. The Morgan fingerprint density at radius 1 is 1.07 bits per heavy atom. The van der Waals surface area contributed by atoms with Crippen molar-refractivity contribution in [2.75, 3.05) is 17.7 Å². The van der Waals surface area contributed by atoms with Crippen molar-refractivity contribution in [2.24, 2.45) is 7.05 Å². The summed E-state index contributed by atoms with van der Waals surface area (Å²) < 4.78 is 2.02. The summed E-state index contributed by atoms with van der Waals surface area (Å²) >= 11 is 0. The maximum atomic E-state index is 12.7. The van der Waals surface area contributed by atoms with Crippen molar-refractivity contribution in [2.45, 2.75) is 0 Å². The van der Waals surface area contributed by atoms with Crippen LogP contribution in [0.1, 0.15) is 10.4 Å². The monoisotopic (exact) mass is 401 g/mol. The van der Waals surface area contributed by atoms with Crippen molar-refractivity contribution in [1.29, 1.82) is 0 Å². The first-order valence-electron chi connectivity index (χ1n) is 9.27. The molecule has 0 fully saturated rings. The number of nitrogens with one attached hydrogen (secondary N) is 2. The SMILES string of the molecule is CNc1ccc([N+](=O)[O-])cc1C(=O)Nc1ccc(-c2nc3ccccc3n2C)cc1. The van der Waals surface area contributed by atoms with E-state index in [-0.39, 0.29) is 11.3 Å². The standard InChI is InChI=1S/C22H19N5O3/c1-23-18-12-11-16(27(29)30)13-17(18)22(28)24-15-9-7-14(8-10-15)21-25-19-5-3-4-6-20(19)26(21)2/h3-13,23H,1-2H3,(H,24,28). The van der Waals surface area contributed by atoms with Crippen molar-refractivity contribution >= 4 is 34.0 Å². The number of hydrogen-bond donors (Lipinski definition) is 2. The van der Waals surface area contributed by atoms with Crippen LogP contribution in [0.25, 0.3) is 22.4 Å². The number of aromatic nitrogens is 2. The second-order valence-corrected chi connectivity index (χ2v) is 6.75. The summed E-state index contributed by atoms with van der Waals surface area (Å²) in [6.45, 7) is 0. The number of para-hydroxylation sites is 2. The minimum Gasteiger partial charge on any atom is -0.387 e. The van der Waals surface area contributed by atoms with Crippen LogP contribution < -0.4 is 10.6 Å². The third kappa shape index (κ3) is 3.46. The predicted octanol–water partition coefficient (Wildman–Crippen LogP) is 4.44. The first kappa shape index (κ1) is 19.1. The number of carbonyl (C=O) groups excluding carboxylic acids is 1. The van der Waals surface area contributed by atoms with Crippen molar-refractivity contribution in [1.82, 2.24) is 9.55 Å². The van der Waals surface area contributed by atoms with E-state index in [1.165, 1.54) is 18.2 Å². The van der Waals surface area contributed by atoms with Crippen LogP contribution in [0.2, 0.25) is 0 Å². The van der Waals surface area contributed by atoms with E-state index in [9.17, 15) is 14.9 Å². The summed E-state index contributed by atoms with van der Waals surface area (Å²) in [5.74, 6) is 0.392. The molecule has 4 aromatic rings. The number of nitro benzene ring substituents is 1. The Kier molecular flexibility index (Phi) is 4.89. The number of hydrogen-bond acceptors (Lipinski definition) is 5. The molecular weight excluding hydrogens is 382 g/mol. The van der Waals surface area contributed by atoms with Crippen LogP contribution in [0.15, 0.2) is 66.7 Å². The van der Waals surface area contributed by atoms with Gasteiger partial charge < -0.3 is 15.2 Å². The van der Waals surface area contributed by atoms with Gasteiger partial charge in [-0.05, 0) is 42.5 Å². The zero-order valence-electron chi connectivity index (χ0n) is 16.4. The summed E-state index contributed by atoms with van der Waals surface area (Å²) in [5.41, 5.74) is 4.01. The van der Waals surface area contributed by atoms with Gasteiger partial charge in [-0.1, -0.05) is 12.1 Å². The third-order valence-electron chi connectivity index (χ3n) is 4.92. The molecular formula is C22H19N5O3. The van der Waals surface area contributed by atoms with Crippen LogP contribution in [0.5, 0.6) is 0 Å². The Hall–Kier alpha value is -4.20. The molecule has 150 valence electrons. The predicted molar refractivity (Wildman–Crippen MR) is 117 cm³/mol. The van der Waals surface area contributed by atoms with Crippen molar-refractivity contribution in [3.63, 3.8) is 0 Å². The molecule has 0 radical (unpaired) electrons. The average molecular weight is 401 g/mol. The van der Waals surface area contributed by atoms with E-state index in [1.54, 1.807) is 19.2 Å². The molecule has 0 saturated carbocycles. The molecule has 0 aliphatic heterocycles. The van der Waals surface area contributed by atoms with Gasteiger partial charge in [0.1, 0.15) is 5.82 Å². The van der Waals surface area contributed by atoms with E-state index in [0.717, 1.165) is 22.4 Å². The van der Waals surface area contributed by atoms with Crippen molar-refractivity contribution in [3.05, 3.63) is 82.4 Å². The van der Waals surface area contributed by atoms with E-state index in [4.69, 9.17) is 0 Å². The topological polar surface area (TPSA) is 102 Å². The summed E-state index contributed by atoms with van der Waals surface area (Å²) in [6.07, 6.45) is 0. The zero-order chi connectivity index (χ0) is 21.3. The summed E-state index contributed by atoms with van der Waals surface area (Å²) in [7, 11) is 3.62. The van der Waals surface area contributed by atoms with Gasteiger partial charge in [-0.25, -0.2) is 4.98 Å². The maximum Gasteiger partial charge on any atom is 0.270 e. The van der Waals surface area contributed by atoms with Crippen LogP contribution in [0.4, 0.5) is 17.1 Å². The molecule has 0 spiro atoms. The van der Waals surface area contributed by atoms with E-state index < -0.39 is 10.8 Å². The number of non-ortho nitro benzene ring substituents is 1. The van der Waals surface area contributed by atoms with E-state index in [0.29, 0.717) is 11.4 Å². The number of aryl methyl sites for hydroxylation is 1. The lowest BCUT2D eigenvalue weighted by Crippen LogP contribution is -2.14. The molecule has 30 heavy (non-hydrogen) atoms. The highest BCUT2D eigenvalue weighted by Crippen LogP contribution is 2.26. The highest BCUT2D eigenvalue weighted by Gasteiger charge is 2.17. The quantitative estimate of drug-likeness (QED) is 0.380. The molecule has 0 atom stereocenters. The van der Waals surface area contributed by atoms with Gasteiger partial charge in [0.25, 0.3) is 11.6 Å². The molecule has 0 aliphatic carbocycles. The molecule has 1 amide bonds. The van der Waals surface area contributed by atoms with Gasteiger partial charge in [0.2, 0.25) is 0 Å². The van der Waals surface area contributed by atoms with Gasteiger partial charge >= 0.3 is 0 Å². The van der Waals surface area contributed by atoms with Gasteiger partial charge in [0.15, 0.2) is 0 Å². The maximum absolute atomic E-state index is 12.7. The molecule has 2 N–H and O–H groups in total. The fraction of sp³-hybridized carbons (Fsp3) is 0.0909. The Labute approximate surface area is 172 Å². The van der Waals surface area contributed by atoms with E-state index >= 15 is 0 Å². The largest absolute Gasteiger partial charge is 0.387 e. The Balaban J connectivity index is 1.59. The lowest BCUT2D eigenvalue weighted by molar-refractivity contribution is -0.384. The molecule has 0 saturated heterocycles. The number of benzene rings is 3. The minimum absolute atomic E-state index is 0.142. The molecule has 4 rings (SSSR count). The molecule has 8 heteroatoms. The second kappa shape index (κ2) is 7.67. The van der Waals surface area contributed by atoms with Crippen LogP contribution in [0.3, 0.4) is 0 Å². The molecule has 1 aromatic heterocycles. The minimum atomic E-state index is -0.526. The number of carbonyl (C=O) groups is 1. The van der Waals surface area contributed by atoms with E-state index in [2.05, 4.69) is 15.6 Å². The fourth-order valence-electron chi connectivity index (χ4n) is 3.36. The van der Waals surface area contributed by atoms with Crippen LogP contribution in [-0.4, -0.2) is 27.4 Å². The van der Waals surface area contributed by atoms with Gasteiger partial charge in [-0.3, -0.25) is 14.9 Å². The number of nitro groups is 1. The molecule has 3 aromatic carbocycles. The number of imidazole rings is 1. The number of nitrogens with zero attached hydrogens (tertiary/aromatic N) is 3. The Morgan fingerprint density at radius 3 is 2.47 bits per heavy atom. The first-order valence-corrected chi connectivity index (χ1v) is 9.27. The van der Waals surface area contributed by atoms with Gasteiger partial charge in [-0.2, -0.15) is 0 Å². The summed E-state index contributed by atoms with van der Waals surface area (Å²) in [6, 6.07) is 19.3. The number of rotatable bonds is 5. The molecule has 1 heterocycles. The molecule has 0 bridgehead atoms. The Bertz CT molecular complexity index is 1260. The highest BCUT2D eigenvalue weighted by molar-refractivity contribution is 6.08. The smallest absolute Gasteiger partial charge is 0.270 e. The zero-order valence-corrected chi connectivity index (χ0v) is 16.4. The number of amides is 1. The fourth-order valence-corrected chi connectivity index (χ4v) is 3.36. The third-order valence-corrected chi connectivity index (χ3v) is 4.92. The van der Waals surface area contributed by atoms with Crippen molar-refractivity contribution in [3.8, 4) is 11.4 Å². The second-order valence-electron chi connectivity index (χ2n) is 6.75. The van der Waals surface area contributed by atoms with Crippen LogP contribution in [0, 0.1) is 10.1 Å². The van der Waals surface area contributed by atoms with Crippen LogP contribution >= 0.6 is 0 Å². The van der Waals surface area contributed by atoms with Gasteiger partial charge in [0, 0.05) is 43.2 Å². The summed E-state index contributed by atoms with van der Waals surface area (Å²) in [5, 5.41) is 16.7. The van der Waals surface area contributed by atoms with Crippen molar-refractivity contribution < 1.29 is 9.72 Å². The molecule has 0 unspecified atom stereocenters. The average Bonchev–Trinajstić information content (AvgIpc) is 3.10. The highest BCUT2D eigenvalue weighted by atomic mass is 16.6. The summed E-state index contributed by atoms with van der Waals surface area (Å²) in [4.78, 5) is 27.9. The van der Waals surface area contributed by atoms with Crippen LogP contribution in [-0.2, 0) is 7.05 Å².